The normalized spacial score (nSPS) is 22.6. The van der Waals surface area contributed by atoms with Crippen molar-refractivity contribution in [2.45, 2.75) is 18.4 Å². The smallest absolute Gasteiger partial charge is 0.264 e. The van der Waals surface area contributed by atoms with Crippen molar-refractivity contribution in [3.8, 4) is 0 Å². The van der Waals surface area contributed by atoms with Gasteiger partial charge in [-0.3, -0.25) is 4.18 Å². The minimum Gasteiger partial charge on any atom is -0.323 e. The molecular weight excluding hydrogens is 154 g/mol. The third-order valence-electron chi connectivity index (χ3n) is 1.45. The Balaban J connectivity index is 2.30. The Bertz CT molecular complexity index is 217. The Kier molecular flexibility index (Phi) is 1.74. The molecule has 1 aliphatic carbocycles. The highest BCUT2D eigenvalue weighted by molar-refractivity contribution is 7.85. The Morgan fingerprint density at radius 1 is 1.60 bits per heavy atom. The first-order valence-corrected chi connectivity index (χ1v) is 4.86. The maximum atomic E-state index is 10.4. The van der Waals surface area contributed by atoms with Gasteiger partial charge in [-0.2, -0.15) is 8.42 Å². The average Bonchev–Trinajstić information content (AvgIpc) is 2.43. The second-order valence-corrected chi connectivity index (χ2v) is 4.47. The zero-order valence-corrected chi connectivity index (χ0v) is 6.65. The number of rotatable bonds is 3. The van der Waals surface area contributed by atoms with Crippen LogP contribution in [0.25, 0.3) is 0 Å². The Morgan fingerprint density at radius 2 is 2.10 bits per heavy atom. The lowest BCUT2D eigenvalue weighted by molar-refractivity contribution is 0.286. The lowest BCUT2D eigenvalue weighted by atomic mass is 10.3. The van der Waals surface area contributed by atoms with Crippen LogP contribution in [-0.4, -0.2) is 26.8 Å². The van der Waals surface area contributed by atoms with E-state index in [0.29, 0.717) is 0 Å². The van der Waals surface area contributed by atoms with Crippen LogP contribution in [0.3, 0.4) is 0 Å². The molecule has 0 atom stereocenters. The van der Waals surface area contributed by atoms with Crippen molar-refractivity contribution in [1.29, 1.82) is 0 Å². The van der Waals surface area contributed by atoms with Gasteiger partial charge in [0.25, 0.3) is 10.1 Å². The fraction of sp³-hybridized carbons (Fsp3) is 1.00. The van der Waals surface area contributed by atoms with Crippen LogP contribution in [0.1, 0.15) is 12.8 Å². The van der Waals surface area contributed by atoms with Crippen LogP contribution in [0.4, 0.5) is 0 Å². The predicted octanol–water partition coefficient (Wildman–Crippen LogP) is -0.546. The van der Waals surface area contributed by atoms with Crippen LogP contribution in [0.2, 0.25) is 0 Å². The van der Waals surface area contributed by atoms with Gasteiger partial charge in [0, 0.05) is 5.54 Å². The van der Waals surface area contributed by atoms with Crippen molar-refractivity contribution in [3.05, 3.63) is 0 Å². The van der Waals surface area contributed by atoms with E-state index >= 15 is 0 Å². The van der Waals surface area contributed by atoms with Gasteiger partial charge in [-0.15, -0.1) is 0 Å². The molecule has 0 heterocycles. The molecule has 0 bridgehead atoms. The molecule has 0 radical (unpaired) electrons. The van der Waals surface area contributed by atoms with E-state index in [0.717, 1.165) is 19.1 Å². The quantitative estimate of drug-likeness (QED) is 0.570. The van der Waals surface area contributed by atoms with E-state index in [2.05, 4.69) is 4.18 Å². The van der Waals surface area contributed by atoms with Gasteiger partial charge in [0.05, 0.1) is 12.9 Å². The predicted molar refractivity (Wildman–Crippen MR) is 36.9 cm³/mol. The minimum atomic E-state index is -3.30. The molecule has 5 heteroatoms. The second-order valence-electron chi connectivity index (χ2n) is 2.83. The standard InChI is InChI=1S/C5H11NO3S/c1-10(7,8)9-4-5(6)2-3-5/h2-4,6H2,1H3. The third kappa shape index (κ3) is 2.64. The van der Waals surface area contributed by atoms with Crippen molar-refractivity contribution in [2.75, 3.05) is 12.9 Å². The summed E-state index contributed by atoms with van der Waals surface area (Å²) in [5, 5.41) is 0. The summed E-state index contributed by atoms with van der Waals surface area (Å²) < 4.78 is 25.4. The monoisotopic (exact) mass is 165 g/mol. The van der Waals surface area contributed by atoms with Gasteiger partial charge in [0.15, 0.2) is 0 Å². The first-order chi connectivity index (χ1) is 4.41. The molecule has 1 saturated carbocycles. The van der Waals surface area contributed by atoms with Crippen LogP contribution in [0, 0.1) is 0 Å². The lowest BCUT2D eigenvalue weighted by Crippen LogP contribution is -2.29. The highest BCUT2D eigenvalue weighted by atomic mass is 32.2. The molecule has 60 valence electrons. The molecule has 10 heavy (non-hydrogen) atoms. The summed E-state index contributed by atoms with van der Waals surface area (Å²) in [5.74, 6) is 0. The molecule has 0 aromatic rings. The van der Waals surface area contributed by atoms with Gasteiger partial charge in [0.1, 0.15) is 0 Å². The van der Waals surface area contributed by atoms with E-state index in [9.17, 15) is 8.42 Å². The van der Waals surface area contributed by atoms with Gasteiger partial charge >= 0.3 is 0 Å². The fourth-order valence-corrected chi connectivity index (χ4v) is 0.978. The van der Waals surface area contributed by atoms with Gasteiger partial charge < -0.3 is 5.73 Å². The number of nitrogens with two attached hydrogens (primary N) is 1. The summed E-state index contributed by atoms with van der Waals surface area (Å²) >= 11 is 0. The Hall–Kier alpha value is -0.130. The van der Waals surface area contributed by atoms with E-state index in [1.807, 2.05) is 0 Å². The molecule has 0 aliphatic heterocycles. The van der Waals surface area contributed by atoms with E-state index < -0.39 is 10.1 Å². The topological polar surface area (TPSA) is 69.4 Å². The largest absolute Gasteiger partial charge is 0.323 e. The number of hydrogen-bond acceptors (Lipinski definition) is 4. The van der Waals surface area contributed by atoms with Gasteiger partial charge in [-0.25, -0.2) is 0 Å². The molecule has 0 aromatic heterocycles. The highest BCUT2D eigenvalue weighted by Crippen LogP contribution is 2.32. The highest BCUT2D eigenvalue weighted by Gasteiger charge is 2.39. The molecule has 0 spiro atoms. The molecule has 1 aliphatic rings. The lowest BCUT2D eigenvalue weighted by Gasteiger charge is -2.06. The molecule has 0 amide bonds. The van der Waals surface area contributed by atoms with Crippen molar-refractivity contribution >= 4 is 10.1 Å². The molecule has 0 unspecified atom stereocenters. The number of hydrogen-bond donors (Lipinski definition) is 1. The summed E-state index contributed by atoms with van der Waals surface area (Å²) in [4.78, 5) is 0. The van der Waals surface area contributed by atoms with Crippen LogP contribution >= 0.6 is 0 Å². The van der Waals surface area contributed by atoms with Crippen molar-refractivity contribution in [2.24, 2.45) is 5.73 Å². The zero-order valence-electron chi connectivity index (χ0n) is 5.83. The molecule has 2 N–H and O–H groups in total. The van der Waals surface area contributed by atoms with Gasteiger partial charge in [0.2, 0.25) is 0 Å². The summed E-state index contributed by atoms with van der Waals surface area (Å²) in [5.41, 5.74) is 5.22. The maximum absolute atomic E-state index is 10.4. The van der Waals surface area contributed by atoms with Crippen LogP contribution in [0.5, 0.6) is 0 Å². The molecule has 1 fully saturated rings. The Labute approximate surface area is 60.5 Å². The molecule has 4 nitrogen and oxygen atoms in total. The van der Waals surface area contributed by atoms with Crippen molar-refractivity contribution in [1.82, 2.24) is 0 Å². The molecule has 1 rings (SSSR count). The summed E-state index contributed by atoms with van der Waals surface area (Å²) in [7, 11) is -3.30. The molecule has 0 saturated heterocycles. The zero-order chi connectivity index (χ0) is 7.83. The van der Waals surface area contributed by atoms with E-state index in [1.54, 1.807) is 0 Å². The summed E-state index contributed by atoms with van der Waals surface area (Å²) in [6.07, 6.45) is 2.75. The Morgan fingerprint density at radius 3 is 2.40 bits per heavy atom. The van der Waals surface area contributed by atoms with Gasteiger partial charge in [-0.1, -0.05) is 0 Å². The van der Waals surface area contributed by atoms with E-state index in [4.69, 9.17) is 5.73 Å². The van der Waals surface area contributed by atoms with Gasteiger partial charge in [-0.05, 0) is 12.8 Å². The minimum absolute atomic E-state index is 0.131. The summed E-state index contributed by atoms with van der Waals surface area (Å²) in [6.45, 7) is 0.131. The first kappa shape index (κ1) is 7.97. The third-order valence-corrected chi connectivity index (χ3v) is 2.00. The van der Waals surface area contributed by atoms with Crippen LogP contribution < -0.4 is 5.73 Å². The second kappa shape index (κ2) is 2.18. The van der Waals surface area contributed by atoms with E-state index in [-0.39, 0.29) is 12.1 Å². The SMILES string of the molecule is CS(=O)(=O)OCC1(N)CC1. The van der Waals surface area contributed by atoms with Crippen LogP contribution in [0.15, 0.2) is 0 Å². The maximum Gasteiger partial charge on any atom is 0.264 e. The summed E-state index contributed by atoms with van der Waals surface area (Å²) in [6, 6.07) is 0. The molecular formula is C5H11NO3S. The average molecular weight is 165 g/mol. The fourth-order valence-electron chi connectivity index (χ4n) is 0.529. The molecule has 0 aromatic carbocycles. The van der Waals surface area contributed by atoms with Crippen molar-refractivity contribution in [3.63, 3.8) is 0 Å². The first-order valence-electron chi connectivity index (χ1n) is 3.05. The van der Waals surface area contributed by atoms with Crippen LogP contribution in [-0.2, 0) is 14.3 Å². The van der Waals surface area contributed by atoms with E-state index in [1.165, 1.54) is 0 Å². The van der Waals surface area contributed by atoms with Crippen molar-refractivity contribution < 1.29 is 12.6 Å².